The summed E-state index contributed by atoms with van der Waals surface area (Å²) in [5, 5.41) is 12.9. The van der Waals surface area contributed by atoms with Crippen LogP contribution < -0.4 is 10.1 Å². The molecule has 142 valence electrons. The Morgan fingerprint density at radius 1 is 1.26 bits per heavy atom. The van der Waals surface area contributed by atoms with Gasteiger partial charge in [-0.15, -0.1) is 21.5 Å². The lowest BCUT2D eigenvalue weighted by atomic mass is 10.1. The van der Waals surface area contributed by atoms with E-state index >= 15 is 0 Å². The summed E-state index contributed by atoms with van der Waals surface area (Å²) in [6.07, 6.45) is 0.578. The minimum Gasteiger partial charge on any atom is -0.435 e. The number of nitrogens with one attached hydrogen (secondary N) is 1. The first-order valence-corrected chi connectivity index (χ1v) is 9.77. The summed E-state index contributed by atoms with van der Waals surface area (Å²) < 4.78 is 34.0. The molecule has 0 aliphatic rings. The average Bonchev–Trinajstić information content (AvgIpc) is 3.32. The number of nitrogens with zero attached hydrogens (tertiary/aromatic N) is 2. The number of hydrogen-bond acceptors (Lipinski definition) is 7. The number of amides is 1. The van der Waals surface area contributed by atoms with Crippen molar-refractivity contribution < 1.29 is 22.7 Å². The summed E-state index contributed by atoms with van der Waals surface area (Å²) in [5.41, 5.74) is 0.905. The van der Waals surface area contributed by atoms with Crippen molar-refractivity contribution >= 4 is 29.0 Å². The smallest absolute Gasteiger partial charge is 0.387 e. The highest BCUT2D eigenvalue weighted by atomic mass is 32.2. The maximum absolute atomic E-state index is 12.1. The van der Waals surface area contributed by atoms with Crippen LogP contribution in [0, 0.1) is 0 Å². The minimum absolute atomic E-state index is 0.107. The quantitative estimate of drug-likeness (QED) is 0.539. The highest BCUT2D eigenvalue weighted by Crippen LogP contribution is 2.26. The number of aromatic nitrogens is 2. The summed E-state index contributed by atoms with van der Waals surface area (Å²) in [4.78, 5) is 12.8. The molecule has 0 radical (unpaired) electrons. The molecule has 0 atom stereocenters. The molecule has 3 aromatic rings. The van der Waals surface area contributed by atoms with Crippen LogP contribution in [0.25, 0.3) is 10.8 Å². The Morgan fingerprint density at radius 3 is 2.78 bits per heavy atom. The molecule has 10 heteroatoms. The molecule has 0 aliphatic heterocycles. The van der Waals surface area contributed by atoms with E-state index in [4.69, 9.17) is 4.42 Å². The van der Waals surface area contributed by atoms with Crippen molar-refractivity contribution in [2.75, 3.05) is 12.3 Å². The van der Waals surface area contributed by atoms with E-state index in [0.717, 1.165) is 10.4 Å². The lowest BCUT2D eigenvalue weighted by molar-refractivity contribution is -0.118. The van der Waals surface area contributed by atoms with Crippen LogP contribution in [-0.4, -0.2) is 35.0 Å². The summed E-state index contributed by atoms with van der Waals surface area (Å²) >= 11 is 2.66. The Balaban J connectivity index is 1.37. The maximum Gasteiger partial charge on any atom is 0.387 e. The number of carbonyl (C=O) groups excluding carboxylic acids is 1. The van der Waals surface area contributed by atoms with Gasteiger partial charge in [-0.05, 0) is 35.6 Å². The number of ether oxygens (including phenoxy) is 1. The van der Waals surface area contributed by atoms with Crippen molar-refractivity contribution in [3.63, 3.8) is 0 Å². The molecule has 1 amide bonds. The number of hydrogen-bond donors (Lipinski definition) is 1. The second-order valence-corrected chi connectivity index (χ2v) is 7.14. The molecule has 0 fully saturated rings. The van der Waals surface area contributed by atoms with Crippen LogP contribution in [0.1, 0.15) is 5.56 Å². The Bertz CT molecular complexity index is 855. The molecule has 2 heterocycles. The highest BCUT2D eigenvalue weighted by Gasteiger charge is 2.11. The van der Waals surface area contributed by atoms with Crippen molar-refractivity contribution in [3.8, 4) is 16.5 Å². The first kappa shape index (κ1) is 19.3. The molecular weight excluding hydrogens is 396 g/mol. The van der Waals surface area contributed by atoms with Crippen molar-refractivity contribution in [1.82, 2.24) is 15.5 Å². The number of benzene rings is 1. The largest absolute Gasteiger partial charge is 0.435 e. The Labute approximate surface area is 161 Å². The molecule has 2 aromatic heterocycles. The molecule has 0 saturated heterocycles. The van der Waals surface area contributed by atoms with Gasteiger partial charge >= 0.3 is 6.61 Å². The van der Waals surface area contributed by atoms with Gasteiger partial charge in [0.2, 0.25) is 5.91 Å². The molecule has 0 bridgehead atoms. The molecule has 0 unspecified atom stereocenters. The van der Waals surface area contributed by atoms with Gasteiger partial charge in [0.1, 0.15) is 5.75 Å². The van der Waals surface area contributed by atoms with E-state index in [1.165, 1.54) is 35.2 Å². The molecule has 3 rings (SSSR count). The van der Waals surface area contributed by atoms with E-state index in [2.05, 4.69) is 20.3 Å². The van der Waals surface area contributed by atoms with E-state index in [1.807, 2.05) is 17.5 Å². The molecule has 0 spiro atoms. The van der Waals surface area contributed by atoms with Crippen molar-refractivity contribution in [2.45, 2.75) is 18.3 Å². The molecule has 0 aliphatic carbocycles. The molecule has 6 nitrogen and oxygen atoms in total. The van der Waals surface area contributed by atoms with E-state index < -0.39 is 6.61 Å². The predicted octanol–water partition coefficient (Wildman–Crippen LogP) is 3.85. The van der Waals surface area contributed by atoms with E-state index in [1.54, 1.807) is 12.1 Å². The fraction of sp³-hybridized carbons (Fsp3) is 0.235. The van der Waals surface area contributed by atoms with Crippen molar-refractivity contribution in [2.24, 2.45) is 0 Å². The van der Waals surface area contributed by atoms with Gasteiger partial charge in [0.05, 0.1) is 10.6 Å². The van der Waals surface area contributed by atoms with Crippen LogP contribution in [0.5, 0.6) is 5.75 Å². The van der Waals surface area contributed by atoms with E-state index in [9.17, 15) is 13.6 Å². The monoisotopic (exact) mass is 411 g/mol. The molecule has 1 N–H and O–H groups in total. The number of halogens is 2. The average molecular weight is 411 g/mol. The predicted molar refractivity (Wildman–Crippen MR) is 98.1 cm³/mol. The van der Waals surface area contributed by atoms with Crippen molar-refractivity contribution in [1.29, 1.82) is 0 Å². The van der Waals surface area contributed by atoms with Crippen LogP contribution >= 0.6 is 23.1 Å². The summed E-state index contributed by atoms with van der Waals surface area (Å²) in [7, 11) is 0. The van der Waals surface area contributed by atoms with Crippen LogP contribution in [0.3, 0.4) is 0 Å². The maximum atomic E-state index is 12.1. The van der Waals surface area contributed by atoms with Gasteiger partial charge < -0.3 is 14.5 Å². The zero-order chi connectivity index (χ0) is 19.1. The SMILES string of the molecule is O=C(CSc1nnc(-c2cccs2)o1)NCCc1ccc(OC(F)F)cc1. The highest BCUT2D eigenvalue weighted by molar-refractivity contribution is 7.99. The third-order valence-corrected chi connectivity index (χ3v) is 5.03. The summed E-state index contributed by atoms with van der Waals surface area (Å²) in [5.74, 6) is 0.545. The van der Waals surface area contributed by atoms with E-state index in [0.29, 0.717) is 24.1 Å². The standard InChI is InChI=1S/C17H15F2N3O3S2/c18-16(19)24-12-5-3-11(4-6-12)7-8-20-14(23)10-27-17-22-21-15(25-17)13-2-1-9-26-13/h1-6,9,16H,7-8,10H2,(H,20,23). The number of rotatable bonds is 9. The summed E-state index contributed by atoms with van der Waals surface area (Å²) in [6, 6.07) is 10.1. The normalized spacial score (nSPS) is 10.9. The van der Waals surface area contributed by atoms with Gasteiger partial charge in [-0.25, -0.2) is 0 Å². The van der Waals surface area contributed by atoms with Crippen LogP contribution in [0.4, 0.5) is 8.78 Å². The molecular formula is C17H15F2N3O3S2. The molecule has 1 aromatic carbocycles. The topological polar surface area (TPSA) is 77.2 Å². The Morgan fingerprint density at radius 2 is 2.07 bits per heavy atom. The Hall–Kier alpha value is -2.46. The second kappa shape index (κ2) is 9.47. The van der Waals surface area contributed by atoms with Crippen molar-refractivity contribution in [3.05, 3.63) is 47.3 Å². The minimum atomic E-state index is -2.84. The molecule has 27 heavy (non-hydrogen) atoms. The van der Waals surface area contributed by atoms with Crippen LogP contribution in [-0.2, 0) is 11.2 Å². The number of thioether (sulfide) groups is 1. The first-order chi connectivity index (χ1) is 13.1. The van der Waals surface area contributed by atoms with E-state index in [-0.39, 0.29) is 17.4 Å². The third-order valence-electron chi connectivity index (χ3n) is 3.35. The lowest BCUT2D eigenvalue weighted by Crippen LogP contribution is -2.27. The van der Waals surface area contributed by atoms with Gasteiger partial charge in [-0.3, -0.25) is 4.79 Å². The van der Waals surface area contributed by atoms with Gasteiger partial charge in [-0.2, -0.15) is 8.78 Å². The fourth-order valence-electron chi connectivity index (χ4n) is 2.13. The van der Waals surface area contributed by atoms with Gasteiger partial charge in [-0.1, -0.05) is 30.0 Å². The zero-order valence-corrected chi connectivity index (χ0v) is 15.6. The van der Waals surface area contributed by atoms with Gasteiger partial charge in [0, 0.05) is 6.54 Å². The second-order valence-electron chi connectivity index (χ2n) is 5.26. The lowest BCUT2D eigenvalue weighted by Gasteiger charge is -2.07. The summed E-state index contributed by atoms with van der Waals surface area (Å²) in [6.45, 7) is -2.41. The Kier molecular flexibility index (Phi) is 6.77. The number of thiophene rings is 1. The number of alkyl halides is 2. The van der Waals surface area contributed by atoms with Crippen LogP contribution in [0.2, 0.25) is 0 Å². The zero-order valence-electron chi connectivity index (χ0n) is 13.9. The van der Waals surface area contributed by atoms with Crippen LogP contribution in [0.15, 0.2) is 51.4 Å². The fourth-order valence-corrected chi connectivity index (χ4v) is 3.37. The van der Waals surface area contributed by atoms with Gasteiger partial charge in [0.15, 0.2) is 0 Å². The first-order valence-electron chi connectivity index (χ1n) is 7.91. The third kappa shape index (κ3) is 6.04. The van der Waals surface area contributed by atoms with Gasteiger partial charge in [0.25, 0.3) is 11.1 Å². The molecule has 0 saturated carbocycles. The number of carbonyl (C=O) groups is 1.